The normalized spacial score (nSPS) is 11.9. The second-order valence-electron chi connectivity index (χ2n) is 12.2. The molecule has 0 N–H and O–H groups in total. The largest absolute Gasteiger partial charge is 0.309 e. The Hall–Kier alpha value is -6.12. The summed E-state index contributed by atoms with van der Waals surface area (Å²) >= 11 is 0. The Morgan fingerprint density at radius 1 is 0.261 bits per heavy atom. The molecule has 0 saturated carbocycles. The van der Waals surface area contributed by atoms with E-state index in [1.807, 2.05) is 0 Å². The first-order valence-corrected chi connectivity index (χ1v) is 15.9. The third-order valence-electron chi connectivity index (χ3n) is 9.63. The lowest BCUT2D eigenvalue weighted by atomic mass is 10.0. The Balaban J connectivity index is 1.34. The van der Waals surface area contributed by atoms with Crippen molar-refractivity contribution in [2.75, 3.05) is 0 Å². The van der Waals surface area contributed by atoms with E-state index in [1.165, 1.54) is 82.0 Å². The molecule has 0 radical (unpaired) electrons. The van der Waals surface area contributed by atoms with Crippen molar-refractivity contribution in [1.29, 1.82) is 0 Å². The van der Waals surface area contributed by atoms with Gasteiger partial charge in [-0.1, -0.05) is 115 Å². The maximum Gasteiger partial charge on any atom is 0.0562 e. The molecule has 2 aromatic heterocycles. The number of hydrogen-bond acceptors (Lipinski definition) is 0. The van der Waals surface area contributed by atoms with Crippen molar-refractivity contribution in [2.45, 2.75) is 0 Å². The molecule has 0 amide bonds. The maximum atomic E-state index is 2.46. The van der Waals surface area contributed by atoms with Crippen molar-refractivity contribution in [3.8, 4) is 22.5 Å². The topological polar surface area (TPSA) is 9.86 Å². The summed E-state index contributed by atoms with van der Waals surface area (Å²) in [6.45, 7) is 0. The van der Waals surface area contributed by atoms with Gasteiger partial charge in [0.25, 0.3) is 0 Å². The molecule has 10 rings (SSSR count). The average Bonchev–Trinajstić information content (AvgIpc) is 3.61. The lowest BCUT2D eigenvalue weighted by Gasteiger charge is -2.12. The molecule has 0 atom stereocenters. The number of hydrogen-bond donors (Lipinski definition) is 0. The molecule has 0 unspecified atom stereocenters. The minimum absolute atomic E-state index is 1.16. The Kier molecular flexibility index (Phi) is 5.31. The Morgan fingerprint density at radius 3 is 1.65 bits per heavy atom. The molecule has 0 aliphatic carbocycles. The SMILES string of the molecule is c1ccc(-c2cccc(-n3c4cc5ccccc5cc4c4cc5c6ccccc6n(-c6ccc7ccccc7c6)c5cc43)c2)cc1. The lowest BCUT2D eigenvalue weighted by molar-refractivity contribution is 1.17. The number of benzene rings is 8. The Labute approximate surface area is 266 Å². The number of rotatable bonds is 3. The van der Waals surface area contributed by atoms with E-state index in [0.717, 1.165) is 5.69 Å². The molecule has 2 heteroatoms. The van der Waals surface area contributed by atoms with Crippen molar-refractivity contribution >= 4 is 65.2 Å². The zero-order chi connectivity index (χ0) is 30.2. The van der Waals surface area contributed by atoms with Gasteiger partial charge in [-0.3, -0.25) is 0 Å². The standard InChI is InChI=1S/C44H28N2/c1-2-11-29(12-3-1)32-17-10-18-35(23-32)46-42-26-34-16-7-6-15-33(34)25-38(42)40-27-39-37-19-8-9-20-41(37)45(43(39)28-44(40)46)36-22-21-30-13-4-5-14-31(30)24-36/h1-28H. The Morgan fingerprint density at radius 2 is 0.826 bits per heavy atom. The van der Waals surface area contributed by atoms with Crippen molar-refractivity contribution in [3.63, 3.8) is 0 Å². The van der Waals surface area contributed by atoms with Gasteiger partial charge in [0.15, 0.2) is 0 Å². The van der Waals surface area contributed by atoms with Gasteiger partial charge in [-0.2, -0.15) is 0 Å². The van der Waals surface area contributed by atoms with Crippen LogP contribution >= 0.6 is 0 Å². The van der Waals surface area contributed by atoms with Crippen molar-refractivity contribution < 1.29 is 0 Å². The molecule has 214 valence electrons. The zero-order valence-electron chi connectivity index (χ0n) is 25.1. The summed E-state index contributed by atoms with van der Waals surface area (Å²) in [6.07, 6.45) is 0. The van der Waals surface area contributed by atoms with Crippen molar-refractivity contribution in [2.24, 2.45) is 0 Å². The molecule has 0 aliphatic rings. The van der Waals surface area contributed by atoms with Gasteiger partial charge in [-0.15, -0.1) is 0 Å². The van der Waals surface area contributed by atoms with Gasteiger partial charge in [-0.05, 0) is 87.3 Å². The number of aromatic nitrogens is 2. The maximum absolute atomic E-state index is 2.46. The minimum Gasteiger partial charge on any atom is -0.309 e. The molecule has 0 saturated heterocycles. The summed E-state index contributed by atoms with van der Waals surface area (Å²) in [4.78, 5) is 0. The molecule has 2 heterocycles. The fourth-order valence-corrected chi connectivity index (χ4v) is 7.49. The van der Waals surface area contributed by atoms with Gasteiger partial charge in [-0.25, -0.2) is 0 Å². The van der Waals surface area contributed by atoms with Crippen LogP contribution in [0.1, 0.15) is 0 Å². The van der Waals surface area contributed by atoms with Gasteiger partial charge in [0.05, 0.1) is 22.1 Å². The van der Waals surface area contributed by atoms with Gasteiger partial charge >= 0.3 is 0 Å². The monoisotopic (exact) mass is 584 g/mol. The Bertz CT molecular complexity index is 2800. The van der Waals surface area contributed by atoms with Gasteiger partial charge in [0, 0.05) is 32.9 Å². The van der Waals surface area contributed by atoms with Crippen LogP contribution in [0.2, 0.25) is 0 Å². The van der Waals surface area contributed by atoms with Gasteiger partial charge in [0.2, 0.25) is 0 Å². The van der Waals surface area contributed by atoms with Crippen LogP contribution in [0, 0.1) is 0 Å². The summed E-state index contributed by atoms with van der Waals surface area (Å²) in [7, 11) is 0. The van der Waals surface area contributed by atoms with E-state index in [4.69, 9.17) is 0 Å². The molecular weight excluding hydrogens is 556 g/mol. The first kappa shape index (κ1) is 25.2. The van der Waals surface area contributed by atoms with Crippen LogP contribution in [0.5, 0.6) is 0 Å². The van der Waals surface area contributed by atoms with E-state index < -0.39 is 0 Å². The molecule has 2 nitrogen and oxygen atoms in total. The molecule has 10 aromatic rings. The third kappa shape index (κ3) is 3.71. The van der Waals surface area contributed by atoms with Gasteiger partial charge in [0.1, 0.15) is 0 Å². The number of para-hydroxylation sites is 1. The highest BCUT2D eigenvalue weighted by molar-refractivity contribution is 6.20. The highest BCUT2D eigenvalue weighted by atomic mass is 15.0. The average molecular weight is 585 g/mol. The van der Waals surface area contributed by atoms with E-state index in [0.29, 0.717) is 0 Å². The van der Waals surface area contributed by atoms with E-state index >= 15 is 0 Å². The predicted octanol–water partition coefficient (Wildman–Crippen LogP) is 11.9. The third-order valence-corrected chi connectivity index (χ3v) is 9.63. The minimum atomic E-state index is 1.16. The number of fused-ring (bicyclic) bond motifs is 8. The molecule has 0 aliphatic heterocycles. The fourth-order valence-electron chi connectivity index (χ4n) is 7.49. The molecule has 8 aromatic carbocycles. The summed E-state index contributed by atoms with van der Waals surface area (Å²) in [5.41, 5.74) is 9.59. The summed E-state index contributed by atoms with van der Waals surface area (Å²) in [5.74, 6) is 0. The summed E-state index contributed by atoms with van der Waals surface area (Å²) in [5, 5.41) is 10.1. The van der Waals surface area contributed by atoms with Crippen molar-refractivity contribution in [3.05, 3.63) is 170 Å². The molecule has 0 bridgehead atoms. The zero-order valence-corrected chi connectivity index (χ0v) is 25.1. The van der Waals surface area contributed by atoms with E-state index in [9.17, 15) is 0 Å². The van der Waals surface area contributed by atoms with Crippen LogP contribution in [0.25, 0.3) is 87.7 Å². The first-order chi connectivity index (χ1) is 22.8. The van der Waals surface area contributed by atoms with Crippen LogP contribution in [-0.2, 0) is 0 Å². The smallest absolute Gasteiger partial charge is 0.0562 e. The predicted molar refractivity (Wildman–Crippen MR) is 196 cm³/mol. The molecule has 0 fully saturated rings. The highest BCUT2D eigenvalue weighted by Gasteiger charge is 2.19. The quantitative estimate of drug-likeness (QED) is 0.195. The van der Waals surface area contributed by atoms with E-state index in [-0.39, 0.29) is 0 Å². The van der Waals surface area contributed by atoms with Crippen LogP contribution in [0.4, 0.5) is 0 Å². The summed E-state index contributed by atoms with van der Waals surface area (Å²) < 4.78 is 4.90. The van der Waals surface area contributed by atoms with Crippen LogP contribution in [0.3, 0.4) is 0 Å². The highest BCUT2D eigenvalue weighted by Crippen LogP contribution is 2.41. The van der Waals surface area contributed by atoms with E-state index in [2.05, 4.69) is 179 Å². The van der Waals surface area contributed by atoms with Crippen LogP contribution in [-0.4, -0.2) is 9.13 Å². The number of nitrogens with zero attached hydrogens (tertiary/aromatic N) is 2. The van der Waals surface area contributed by atoms with Crippen LogP contribution < -0.4 is 0 Å². The molecular formula is C44H28N2. The second-order valence-corrected chi connectivity index (χ2v) is 12.2. The second kappa shape index (κ2) is 9.69. The van der Waals surface area contributed by atoms with Crippen molar-refractivity contribution in [1.82, 2.24) is 9.13 Å². The lowest BCUT2D eigenvalue weighted by Crippen LogP contribution is -1.96. The first-order valence-electron chi connectivity index (χ1n) is 15.9. The molecule has 0 spiro atoms. The summed E-state index contributed by atoms with van der Waals surface area (Å²) in [6, 6.07) is 62.1. The van der Waals surface area contributed by atoms with Crippen LogP contribution in [0.15, 0.2) is 170 Å². The van der Waals surface area contributed by atoms with Gasteiger partial charge < -0.3 is 9.13 Å². The van der Waals surface area contributed by atoms with E-state index in [1.54, 1.807) is 0 Å². The fraction of sp³-hybridized carbons (Fsp3) is 0. The molecule has 46 heavy (non-hydrogen) atoms.